The van der Waals surface area contributed by atoms with Crippen LogP contribution >= 0.6 is 0 Å². The van der Waals surface area contributed by atoms with Gasteiger partial charge >= 0.3 is 11.9 Å². The maximum atomic E-state index is 12.8. The zero-order chi connectivity index (χ0) is 24.4. The lowest BCUT2D eigenvalue weighted by molar-refractivity contribution is -0.150. The van der Waals surface area contributed by atoms with Crippen LogP contribution in [0.25, 0.3) is 0 Å². The van der Waals surface area contributed by atoms with E-state index in [2.05, 4.69) is 10.6 Å². The predicted molar refractivity (Wildman–Crippen MR) is 119 cm³/mol. The maximum absolute atomic E-state index is 12.8. The minimum absolute atomic E-state index is 0.145. The number of hydrogen-bond donors (Lipinski definition) is 4. The summed E-state index contributed by atoms with van der Waals surface area (Å²) in [6.07, 6.45) is -2.02. The van der Waals surface area contributed by atoms with Crippen molar-refractivity contribution >= 4 is 23.8 Å². The first-order valence-corrected chi connectivity index (χ1v) is 10.5. The fraction of sp³-hybridized carbons (Fsp3) is 0.333. The molecule has 0 aliphatic carbocycles. The highest BCUT2D eigenvalue weighted by molar-refractivity contribution is 5.95. The van der Waals surface area contributed by atoms with E-state index in [0.717, 1.165) is 0 Å². The average molecular weight is 456 g/mol. The van der Waals surface area contributed by atoms with Gasteiger partial charge < -0.3 is 25.6 Å². The number of nitrogens with one attached hydrogen (secondary N) is 2. The van der Waals surface area contributed by atoms with Crippen molar-refractivity contribution in [2.45, 2.75) is 38.5 Å². The lowest BCUT2D eigenvalue weighted by Gasteiger charge is -2.26. The Kier molecular flexibility index (Phi) is 9.56. The van der Waals surface area contributed by atoms with Crippen molar-refractivity contribution in [3.8, 4) is 0 Å². The van der Waals surface area contributed by atoms with Gasteiger partial charge in [-0.1, -0.05) is 55.5 Å². The van der Waals surface area contributed by atoms with Crippen LogP contribution in [0.15, 0.2) is 60.7 Å². The van der Waals surface area contributed by atoms with Crippen LogP contribution in [0.5, 0.6) is 0 Å². The number of hydrogen-bond acceptors (Lipinski definition) is 6. The molecule has 0 unspecified atom stereocenters. The second-order valence-corrected chi connectivity index (χ2v) is 7.46. The molecule has 2 aromatic rings. The highest BCUT2D eigenvalue weighted by Crippen LogP contribution is 2.19. The molecule has 0 spiro atoms. The highest BCUT2D eigenvalue weighted by Gasteiger charge is 2.33. The van der Waals surface area contributed by atoms with Gasteiger partial charge in [0.2, 0.25) is 0 Å². The molecule has 33 heavy (non-hydrogen) atoms. The van der Waals surface area contributed by atoms with E-state index >= 15 is 0 Å². The fourth-order valence-corrected chi connectivity index (χ4v) is 3.18. The number of aliphatic hydroxyl groups is 1. The minimum Gasteiger partial charge on any atom is -0.480 e. The first-order valence-electron chi connectivity index (χ1n) is 10.5. The van der Waals surface area contributed by atoms with E-state index in [1.54, 1.807) is 67.6 Å². The van der Waals surface area contributed by atoms with E-state index in [0.29, 0.717) is 11.1 Å². The lowest BCUT2D eigenvalue weighted by Crippen LogP contribution is -2.50. The SMILES string of the molecule is CCOC(=O)[C@@H](C)C[C@@H](NC(=O)[C@H](O)[C@@H](NC(=O)c1ccccc1)c1ccccc1)C(=O)O. The Morgan fingerprint density at radius 3 is 2.06 bits per heavy atom. The molecule has 0 heterocycles. The van der Waals surface area contributed by atoms with E-state index in [4.69, 9.17) is 4.74 Å². The van der Waals surface area contributed by atoms with Gasteiger partial charge in [0.05, 0.1) is 18.6 Å². The number of carbonyl (C=O) groups is 4. The number of esters is 1. The van der Waals surface area contributed by atoms with Crippen LogP contribution in [0.2, 0.25) is 0 Å². The number of rotatable bonds is 11. The van der Waals surface area contributed by atoms with E-state index < -0.39 is 47.9 Å². The number of carbonyl (C=O) groups excluding carboxylic acids is 3. The Morgan fingerprint density at radius 1 is 0.939 bits per heavy atom. The predicted octanol–water partition coefficient (Wildman–Crippen LogP) is 1.68. The van der Waals surface area contributed by atoms with Crippen LogP contribution in [0.4, 0.5) is 0 Å². The highest BCUT2D eigenvalue weighted by atomic mass is 16.5. The summed E-state index contributed by atoms with van der Waals surface area (Å²) in [5, 5.41) is 25.2. The Morgan fingerprint density at radius 2 is 1.52 bits per heavy atom. The van der Waals surface area contributed by atoms with Crippen molar-refractivity contribution in [2.75, 3.05) is 6.61 Å². The Bertz CT molecular complexity index is 950. The Balaban J connectivity index is 2.19. The quantitative estimate of drug-likeness (QED) is 0.377. The molecule has 2 amide bonds. The molecule has 0 aromatic heterocycles. The monoisotopic (exact) mass is 456 g/mol. The zero-order valence-corrected chi connectivity index (χ0v) is 18.4. The molecule has 9 heteroatoms. The molecule has 0 saturated heterocycles. The largest absolute Gasteiger partial charge is 0.480 e. The molecule has 0 fully saturated rings. The van der Waals surface area contributed by atoms with Gasteiger partial charge in [-0.3, -0.25) is 14.4 Å². The van der Waals surface area contributed by atoms with Crippen molar-refractivity contribution in [1.82, 2.24) is 10.6 Å². The third-order valence-corrected chi connectivity index (χ3v) is 4.96. The first-order chi connectivity index (χ1) is 15.7. The summed E-state index contributed by atoms with van der Waals surface area (Å²) in [7, 11) is 0. The van der Waals surface area contributed by atoms with E-state index in [1.807, 2.05) is 0 Å². The van der Waals surface area contributed by atoms with Gasteiger partial charge in [-0.25, -0.2) is 4.79 Å². The summed E-state index contributed by atoms with van der Waals surface area (Å²) in [4.78, 5) is 48.9. The van der Waals surface area contributed by atoms with Crippen molar-refractivity contribution in [3.05, 3.63) is 71.8 Å². The van der Waals surface area contributed by atoms with Gasteiger partial charge in [0.25, 0.3) is 11.8 Å². The number of carboxylic acids is 1. The van der Waals surface area contributed by atoms with E-state index in [9.17, 15) is 29.4 Å². The second-order valence-electron chi connectivity index (χ2n) is 7.46. The van der Waals surface area contributed by atoms with Crippen molar-refractivity contribution in [3.63, 3.8) is 0 Å². The third kappa shape index (κ3) is 7.43. The molecule has 0 radical (unpaired) electrons. The van der Waals surface area contributed by atoms with Gasteiger partial charge in [-0.2, -0.15) is 0 Å². The van der Waals surface area contributed by atoms with Crippen molar-refractivity contribution < 1.29 is 34.1 Å². The molecule has 0 bridgehead atoms. The van der Waals surface area contributed by atoms with Crippen LogP contribution in [0.1, 0.15) is 42.2 Å². The lowest BCUT2D eigenvalue weighted by atomic mass is 9.98. The topological polar surface area (TPSA) is 142 Å². The molecule has 4 atom stereocenters. The summed E-state index contributed by atoms with van der Waals surface area (Å²) >= 11 is 0. The van der Waals surface area contributed by atoms with Gasteiger partial charge in [0.1, 0.15) is 6.04 Å². The molecule has 2 aromatic carbocycles. The Hall–Kier alpha value is -3.72. The van der Waals surface area contributed by atoms with Crippen LogP contribution in [-0.4, -0.2) is 52.7 Å². The number of aliphatic hydroxyl groups excluding tert-OH is 1. The second kappa shape index (κ2) is 12.4. The van der Waals surface area contributed by atoms with E-state index in [-0.39, 0.29) is 13.0 Å². The summed E-state index contributed by atoms with van der Waals surface area (Å²) < 4.78 is 4.88. The molecule has 9 nitrogen and oxygen atoms in total. The summed E-state index contributed by atoms with van der Waals surface area (Å²) in [6, 6.07) is 14.1. The number of aliphatic carboxylic acids is 1. The smallest absolute Gasteiger partial charge is 0.326 e. The number of carboxylic acid groups (broad SMARTS) is 1. The van der Waals surface area contributed by atoms with Gasteiger partial charge in [0.15, 0.2) is 6.10 Å². The van der Waals surface area contributed by atoms with Crippen LogP contribution in [-0.2, 0) is 19.1 Å². The normalized spacial score (nSPS) is 14.3. The fourth-order valence-electron chi connectivity index (χ4n) is 3.18. The molecular formula is C24H28N2O7. The van der Waals surface area contributed by atoms with E-state index in [1.165, 1.54) is 6.92 Å². The third-order valence-electron chi connectivity index (χ3n) is 4.96. The van der Waals surface area contributed by atoms with Crippen LogP contribution < -0.4 is 10.6 Å². The Labute approximate surface area is 191 Å². The van der Waals surface area contributed by atoms with Crippen LogP contribution in [0, 0.1) is 5.92 Å². The molecule has 176 valence electrons. The maximum Gasteiger partial charge on any atom is 0.326 e. The standard InChI is InChI=1S/C24H28N2O7/c1-3-33-24(32)15(2)14-18(23(30)31)25-22(29)20(27)19(16-10-6-4-7-11-16)26-21(28)17-12-8-5-9-13-17/h4-13,15,18-20,27H,3,14H2,1-2H3,(H,25,29)(H,26,28)(H,30,31)/t15-,18+,19-,20+/m0/s1. The molecule has 0 aliphatic heterocycles. The summed E-state index contributed by atoms with van der Waals surface area (Å²) in [5.74, 6) is -4.25. The molecular weight excluding hydrogens is 428 g/mol. The number of benzene rings is 2. The van der Waals surface area contributed by atoms with Crippen molar-refractivity contribution in [1.29, 1.82) is 0 Å². The zero-order valence-electron chi connectivity index (χ0n) is 18.4. The average Bonchev–Trinajstić information content (AvgIpc) is 2.82. The molecule has 0 saturated carbocycles. The van der Waals surface area contributed by atoms with Crippen LogP contribution in [0.3, 0.4) is 0 Å². The molecule has 2 rings (SSSR count). The van der Waals surface area contributed by atoms with Crippen molar-refractivity contribution in [2.24, 2.45) is 5.92 Å². The summed E-state index contributed by atoms with van der Waals surface area (Å²) in [5.41, 5.74) is 0.786. The van der Waals surface area contributed by atoms with Gasteiger partial charge in [0, 0.05) is 5.56 Å². The summed E-state index contributed by atoms with van der Waals surface area (Å²) in [6.45, 7) is 3.26. The number of ether oxygens (including phenoxy) is 1. The molecule has 4 N–H and O–H groups in total. The van der Waals surface area contributed by atoms with Gasteiger partial charge in [-0.05, 0) is 31.0 Å². The minimum atomic E-state index is -1.79. The first kappa shape index (κ1) is 25.5. The van der Waals surface area contributed by atoms with Gasteiger partial charge in [-0.15, -0.1) is 0 Å². The molecule has 0 aliphatic rings. The number of amides is 2.